The Morgan fingerprint density at radius 1 is 1.26 bits per heavy atom. The quantitative estimate of drug-likeness (QED) is 0.774. The standard InChI is InChI=1S/C15H24N4/c1-11(9-17-15(2,3)4)16-10-14-12-7-5-6-8-13(12)18-19-14/h5-8,11,16-17H,9-10H2,1-4H3,(H,18,19). The molecule has 0 aliphatic carbocycles. The SMILES string of the molecule is CC(CNC(C)(C)C)NCc1[nH]nc2ccccc12. The molecule has 0 saturated heterocycles. The molecule has 1 aromatic carbocycles. The molecule has 3 N–H and O–H groups in total. The average molecular weight is 260 g/mol. The highest BCUT2D eigenvalue weighted by Crippen LogP contribution is 2.14. The summed E-state index contributed by atoms with van der Waals surface area (Å²) in [5.41, 5.74) is 2.34. The molecule has 0 fully saturated rings. The van der Waals surface area contributed by atoms with Crippen molar-refractivity contribution in [3.05, 3.63) is 30.0 Å². The lowest BCUT2D eigenvalue weighted by molar-refractivity contribution is 0.387. The van der Waals surface area contributed by atoms with E-state index in [1.54, 1.807) is 0 Å². The third-order valence-electron chi connectivity index (χ3n) is 3.11. The van der Waals surface area contributed by atoms with Crippen molar-refractivity contribution in [1.82, 2.24) is 20.8 Å². The summed E-state index contributed by atoms with van der Waals surface area (Å²) in [6, 6.07) is 8.61. The number of para-hydroxylation sites is 1. The Morgan fingerprint density at radius 3 is 2.74 bits per heavy atom. The van der Waals surface area contributed by atoms with E-state index in [4.69, 9.17) is 0 Å². The second-order valence-corrected chi connectivity index (χ2v) is 6.13. The van der Waals surface area contributed by atoms with Gasteiger partial charge in [0.1, 0.15) is 0 Å². The lowest BCUT2D eigenvalue weighted by Gasteiger charge is -2.23. The molecular formula is C15H24N4. The van der Waals surface area contributed by atoms with Gasteiger partial charge in [0, 0.05) is 30.1 Å². The van der Waals surface area contributed by atoms with Crippen LogP contribution >= 0.6 is 0 Å². The Balaban J connectivity index is 1.88. The fraction of sp³-hybridized carbons (Fsp3) is 0.533. The number of aromatic nitrogens is 2. The minimum absolute atomic E-state index is 0.163. The summed E-state index contributed by atoms with van der Waals surface area (Å²) in [4.78, 5) is 0. The number of aromatic amines is 1. The molecule has 4 heteroatoms. The predicted octanol–water partition coefficient (Wildman–Crippen LogP) is 2.43. The van der Waals surface area contributed by atoms with Crippen molar-refractivity contribution in [2.75, 3.05) is 6.54 Å². The van der Waals surface area contributed by atoms with Crippen LogP contribution in [0.25, 0.3) is 10.9 Å². The van der Waals surface area contributed by atoms with Gasteiger partial charge in [0.05, 0.1) is 11.2 Å². The van der Waals surface area contributed by atoms with Crippen molar-refractivity contribution in [1.29, 1.82) is 0 Å². The van der Waals surface area contributed by atoms with E-state index < -0.39 is 0 Å². The Bertz CT molecular complexity index is 524. The summed E-state index contributed by atoms with van der Waals surface area (Å²) in [5.74, 6) is 0. The maximum atomic E-state index is 4.30. The number of hydrogen-bond donors (Lipinski definition) is 3. The topological polar surface area (TPSA) is 52.7 Å². The summed E-state index contributed by atoms with van der Waals surface area (Å²) < 4.78 is 0. The first-order valence-electron chi connectivity index (χ1n) is 6.86. The zero-order valence-corrected chi connectivity index (χ0v) is 12.2. The Kier molecular flexibility index (Phi) is 4.22. The van der Waals surface area contributed by atoms with Crippen LogP contribution < -0.4 is 10.6 Å². The van der Waals surface area contributed by atoms with Gasteiger partial charge >= 0.3 is 0 Å². The van der Waals surface area contributed by atoms with Gasteiger partial charge in [-0.25, -0.2) is 0 Å². The summed E-state index contributed by atoms with van der Waals surface area (Å²) in [6.45, 7) is 10.5. The molecular weight excluding hydrogens is 236 g/mol. The van der Waals surface area contributed by atoms with Crippen molar-refractivity contribution < 1.29 is 0 Å². The first kappa shape index (κ1) is 14.0. The molecule has 1 unspecified atom stereocenters. The third-order valence-corrected chi connectivity index (χ3v) is 3.11. The molecule has 0 spiro atoms. The molecule has 0 bridgehead atoms. The maximum absolute atomic E-state index is 4.30. The highest BCUT2D eigenvalue weighted by Gasteiger charge is 2.11. The van der Waals surface area contributed by atoms with Crippen LogP contribution in [0, 0.1) is 0 Å². The van der Waals surface area contributed by atoms with E-state index in [1.807, 2.05) is 18.2 Å². The normalized spacial score (nSPS) is 13.9. The molecule has 19 heavy (non-hydrogen) atoms. The van der Waals surface area contributed by atoms with Crippen LogP contribution in [0.4, 0.5) is 0 Å². The summed E-state index contributed by atoms with van der Waals surface area (Å²) >= 11 is 0. The highest BCUT2D eigenvalue weighted by atomic mass is 15.1. The molecule has 0 radical (unpaired) electrons. The minimum Gasteiger partial charge on any atom is -0.311 e. The lowest BCUT2D eigenvalue weighted by atomic mass is 10.1. The van der Waals surface area contributed by atoms with E-state index in [0.29, 0.717) is 6.04 Å². The molecule has 0 amide bonds. The summed E-state index contributed by atoms with van der Waals surface area (Å²) in [6.07, 6.45) is 0. The molecule has 0 aliphatic rings. The van der Waals surface area contributed by atoms with Crippen molar-refractivity contribution in [3.63, 3.8) is 0 Å². The second-order valence-electron chi connectivity index (χ2n) is 6.13. The number of hydrogen-bond acceptors (Lipinski definition) is 3. The van der Waals surface area contributed by atoms with Gasteiger partial charge in [-0.2, -0.15) is 5.10 Å². The molecule has 0 aliphatic heterocycles. The Labute approximate surface area is 115 Å². The maximum Gasteiger partial charge on any atom is 0.0924 e. The summed E-state index contributed by atoms with van der Waals surface area (Å²) in [5, 5.41) is 15.6. The fourth-order valence-corrected chi connectivity index (χ4v) is 1.96. The van der Waals surface area contributed by atoms with Gasteiger partial charge in [0.2, 0.25) is 0 Å². The van der Waals surface area contributed by atoms with E-state index >= 15 is 0 Å². The number of benzene rings is 1. The number of H-pyrrole nitrogens is 1. The minimum atomic E-state index is 0.163. The van der Waals surface area contributed by atoms with Gasteiger partial charge in [-0.15, -0.1) is 0 Å². The van der Waals surface area contributed by atoms with Crippen molar-refractivity contribution in [2.24, 2.45) is 0 Å². The van der Waals surface area contributed by atoms with Gasteiger partial charge < -0.3 is 10.6 Å². The lowest BCUT2D eigenvalue weighted by Crippen LogP contribution is -2.44. The number of rotatable bonds is 5. The zero-order chi connectivity index (χ0) is 13.9. The van der Waals surface area contributed by atoms with Gasteiger partial charge in [-0.3, -0.25) is 5.10 Å². The van der Waals surface area contributed by atoms with Crippen LogP contribution in [0.2, 0.25) is 0 Å². The first-order chi connectivity index (χ1) is 8.96. The molecule has 2 rings (SSSR count). The van der Waals surface area contributed by atoms with Crippen molar-refractivity contribution in [3.8, 4) is 0 Å². The molecule has 4 nitrogen and oxygen atoms in total. The van der Waals surface area contributed by atoms with Crippen molar-refractivity contribution in [2.45, 2.75) is 45.8 Å². The van der Waals surface area contributed by atoms with E-state index in [2.05, 4.69) is 54.6 Å². The molecule has 1 atom stereocenters. The Hall–Kier alpha value is -1.39. The average Bonchev–Trinajstić information content (AvgIpc) is 2.76. The molecule has 104 valence electrons. The Morgan fingerprint density at radius 2 is 2.00 bits per heavy atom. The van der Waals surface area contributed by atoms with Crippen LogP contribution in [0.5, 0.6) is 0 Å². The zero-order valence-electron chi connectivity index (χ0n) is 12.2. The van der Waals surface area contributed by atoms with Gasteiger partial charge in [0.15, 0.2) is 0 Å². The van der Waals surface area contributed by atoms with Crippen LogP contribution in [-0.2, 0) is 6.54 Å². The third kappa shape index (κ3) is 4.04. The molecule has 1 aromatic heterocycles. The fourth-order valence-electron chi connectivity index (χ4n) is 1.96. The first-order valence-corrected chi connectivity index (χ1v) is 6.86. The van der Waals surface area contributed by atoms with Crippen LogP contribution in [0.1, 0.15) is 33.4 Å². The van der Waals surface area contributed by atoms with E-state index in [9.17, 15) is 0 Å². The highest BCUT2D eigenvalue weighted by molar-refractivity contribution is 5.81. The largest absolute Gasteiger partial charge is 0.311 e. The summed E-state index contributed by atoms with van der Waals surface area (Å²) in [7, 11) is 0. The van der Waals surface area contributed by atoms with Gasteiger partial charge in [-0.1, -0.05) is 18.2 Å². The monoisotopic (exact) mass is 260 g/mol. The van der Waals surface area contributed by atoms with Crippen LogP contribution in [0.3, 0.4) is 0 Å². The number of fused-ring (bicyclic) bond motifs is 1. The predicted molar refractivity (Wildman–Crippen MR) is 80.2 cm³/mol. The van der Waals surface area contributed by atoms with Crippen molar-refractivity contribution >= 4 is 10.9 Å². The second kappa shape index (κ2) is 5.72. The van der Waals surface area contributed by atoms with E-state index in [0.717, 1.165) is 24.3 Å². The van der Waals surface area contributed by atoms with Crippen LogP contribution in [-0.4, -0.2) is 28.3 Å². The van der Waals surface area contributed by atoms with Gasteiger partial charge in [0.25, 0.3) is 0 Å². The van der Waals surface area contributed by atoms with Gasteiger partial charge in [-0.05, 0) is 33.8 Å². The van der Waals surface area contributed by atoms with E-state index in [1.165, 1.54) is 5.39 Å². The van der Waals surface area contributed by atoms with Crippen LogP contribution in [0.15, 0.2) is 24.3 Å². The smallest absolute Gasteiger partial charge is 0.0924 e. The number of nitrogens with zero attached hydrogens (tertiary/aromatic N) is 1. The molecule has 0 saturated carbocycles. The number of nitrogens with one attached hydrogen (secondary N) is 3. The molecule has 2 aromatic rings. The van der Waals surface area contributed by atoms with E-state index in [-0.39, 0.29) is 5.54 Å². The molecule has 1 heterocycles.